The molecule has 0 fully saturated rings. The minimum Gasteiger partial charge on any atom is -0.481 e. The number of amides is 2. The van der Waals surface area contributed by atoms with Crippen LogP contribution < -0.4 is 15.8 Å². The summed E-state index contributed by atoms with van der Waals surface area (Å²) >= 11 is 0. The van der Waals surface area contributed by atoms with E-state index >= 15 is 0 Å². The monoisotopic (exact) mass is 346 g/mol. The van der Waals surface area contributed by atoms with Crippen molar-refractivity contribution in [1.82, 2.24) is 5.32 Å². The smallest absolute Gasteiger partial charge is 0.407 e. The average molecular weight is 346 g/mol. The Morgan fingerprint density at radius 3 is 2.40 bits per heavy atom. The van der Waals surface area contributed by atoms with Crippen molar-refractivity contribution in [2.45, 2.75) is 39.7 Å². The van der Waals surface area contributed by atoms with Crippen LogP contribution in [0.2, 0.25) is 0 Å². The second-order valence-electron chi connectivity index (χ2n) is 6.55. The van der Waals surface area contributed by atoms with Gasteiger partial charge in [-0.3, -0.25) is 4.79 Å². The fourth-order valence-corrected chi connectivity index (χ4v) is 1.99. The van der Waals surface area contributed by atoms with E-state index in [1.54, 1.807) is 27.7 Å². The Morgan fingerprint density at radius 1 is 1.24 bits per heavy atom. The number of nitrogens with one attached hydrogen (secondary N) is 1. The number of primary amides is 1. The Hall–Kier alpha value is -2.68. The number of ether oxygens (including phenoxy) is 2. The number of benzene rings is 1. The number of carbonyl (C=O) groups is 2. The lowest BCUT2D eigenvalue weighted by Crippen LogP contribution is -2.39. The van der Waals surface area contributed by atoms with Gasteiger partial charge in [0.15, 0.2) is 0 Å². The molecule has 2 amide bonds. The number of hydrogen-bond acceptors (Lipinski definition) is 4. The Labute approximate surface area is 149 Å². The Morgan fingerprint density at radius 2 is 1.88 bits per heavy atom. The standard InChI is InChI=1S/C19H26N2O4/c1-5-6-11-24-16-9-7-14(8-10-16)12-15(17(20)22)13-21-18(23)25-19(2,3)4/h7-10,15H,11-13H2,1-4H3,(H2,20,22)(H,21,23)/t15-/m1/s1. The predicted molar refractivity (Wildman–Crippen MR) is 96.0 cm³/mol. The van der Waals surface area contributed by atoms with E-state index in [4.69, 9.17) is 15.2 Å². The van der Waals surface area contributed by atoms with Crippen molar-refractivity contribution >= 4 is 12.0 Å². The maximum atomic E-state index is 11.7. The highest BCUT2D eigenvalue weighted by Gasteiger charge is 2.20. The topological polar surface area (TPSA) is 90.7 Å². The molecule has 0 aromatic heterocycles. The van der Waals surface area contributed by atoms with Gasteiger partial charge in [-0.1, -0.05) is 18.1 Å². The van der Waals surface area contributed by atoms with Crippen LogP contribution in [0.5, 0.6) is 5.75 Å². The molecular weight excluding hydrogens is 320 g/mol. The molecule has 0 aliphatic heterocycles. The number of alkyl carbamates (subject to hydrolysis) is 1. The maximum absolute atomic E-state index is 11.7. The molecule has 0 saturated heterocycles. The minimum absolute atomic E-state index is 0.120. The minimum atomic E-state index is -0.593. The summed E-state index contributed by atoms with van der Waals surface area (Å²) in [6.07, 6.45) is -0.153. The normalized spacial score (nSPS) is 11.7. The number of nitrogens with two attached hydrogens (primary N) is 1. The van der Waals surface area contributed by atoms with Gasteiger partial charge in [-0.15, -0.1) is 5.92 Å². The molecule has 136 valence electrons. The van der Waals surface area contributed by atoms with Crippen molar-refractivity contribution in [3.8, 4) is 17.6 Å². The lowest BCUT2D eigenvalue weighted by atomic mass is 9.98. The molecule has 0 unspecified atom stereocenters. The van der Waals surface area contributed by atoms with Crippen LogP contribution in [0.3, 0.4) is 0 Å². The molecule has 3 N–H and O–H groups in total. The maximum Gasteiger partial charge on any atom is 0.407 e. The highest BCUT2D eigenvalue weighted by atomic mass is 16.6. The molecule has 0 aliphatic carbocycles. The van der Waals surface area contributed by atoms with Crippen molar-refractivity contribution in [1.29, 1.82) is 0 Å². The Bertz CT molecular complexity index is 636. The van der Waals surface area contributed by atoms with Crippen LogP contribution in [-0.4, -0.2) is 30.8 Å². The number of carbonyl (C=O) groups excluding carboxylic acids is 2. The van der Waals surface area contributed by atoms with Crippen LogP contribution in [0.25, 0.3) is 0 Å². The van der Waals surface area contributed by atoms with Gasteiger partial charge in [-0.05, 0) is 51.8 Å². The molecule has 0 bridgehead atoms. The molecule has 0 saturated carbocycles. The lowest BCUT2D eigenvalue weighted by molar-refractivity contribution is -0.121. The molecule has 25 heavy (non-hydrogen) atoms. The van der Waals surface area contributed by atoms with Gasteiger partial charge in [0.25, 0.3) is 0 Å². The molecule has 6 nitrogen and oxygen atoms in total. The predicted octanol–water partition coefficient (Wildman–Crippen LogP) is 2.26. The van der Waals surface area contributed by atoms with Gasteiger partial charge in [-0.2, -0.15) is 0 Å². The molecule has 0 aliphatic rings. The average Bonchev–Trinajstić information content (AvgIpc) is 2.51. The Kier molecular flexibility index (Phi) is 7.80. The van der Waals surface area contributed by atoms with E-state index in [9.17, 15) is 9.59 Å². The number of hydrogen-bond donors (Lipinski definition) is 2. The van der Waals surface area contributed by atoms with Gasteiger partial charge in [0.1, 0.15) is 18.0 Å². The summed E-state index contributed by atoms with van der Waals surface area (Å²) in [7, 11) is 0. The summed E-state index contributed by atoms with van der Waals surface area (Å²) in [6.45, 7) is 7.52. The highest BCUT2D eigenvalue weighted by Crippen LogP contribution is 2.15. The van der Waals surface area contributed by atoms with Crippen LogP contribution in [0.15, 0.2) is 24.3 Å². The fourth-order valence-electron chi connectivity index (χ4n) is 1.99. The summed E-state index contributed by atoms with van der Waals surface area (Å²) in [4.78, 5) is 23.3. The second kappa shape index (κ2) is 9.58. The first-order valence-corrected chi connectivity index (χ1v) is 8.09. The van der Waals surface area contributed by atoms with E-state index in [0.717, 1.165) is 5.56 Å². The highest BCUT2D eigenvalue weighted by molar-refractivity contribution is 5.78. The van der Waals surface area contributed by atoms with Crippen LogP contribution in [0, 0.1) is 17.8 Å². The Balaban J connectivity index is 2.58. The van der Waals surface area contributed by atoms with Crippen molar-refractivity contribution in [2.24, 2.45) is 11.7 Å². The van der Waals surface area contributed by atoms with Crippen LogP contribution >= 0.6 is 0 Å². The van der Waals surface area contributed by atoms with E-state index in [1.165, 1.54) is 0 Å². The summed E-state index contributed by atoms with van der Waals surface area (Å²) < 4.78 is 10.6. The lowest BCUT2D eigenvalue weighted by Gasteiger charge is -2.21. The van der Waals surface area contributed by atoms with E-state index in [2.05, 4.69) is 17.2 Å². The van der Waals surface area contributed by atoms with Crippen molar-refractivity contribution in [3.05, 3.63) is 29.8 Å². The molecule has 0 heterocycles. The first kappa shape index (κ1) is 20.4. The molecular formula is C19H26N2O4. The largest absolute Gasteiger partial charge is 0.481 e. The zero-order valence-electron chi connectivity index (χ0n) is 15.2. The molecule has 6 heteroatoms. The van der Waals surface area contributed by atoms with Crippen LogP contribution in [0.4, 0.5) is 4.79 Å². The summed E-state index contributed by atoms with van der Waals surface area (Å²) in [6, 6.07) is 7.34. The van der Waals surface area contributed by atoms with Gasteiger partial charge in [0.05, 0.1) is 5.92 Å². The first-order valence-electron chi connectivity index (χ1n) is 8.09. The molecule has 1 atom stereocenters. The van der Waals surface area contributed by atoms with E-state index in [-0.39, 0.29) is 6.54 Å². The van der Waals surface area contributed by atoms with Crippen LogP contribution in [-0.2, 0) is 16.0 Å². The molecule has 1 aromatic carbocycles. The van der Waals surface area contributed by atoms with Gasteiger partial charge >= 0.3 is 6.09 Å². The van der Waals surface area contributed by atoms with E-state index in [0.29, 0.717) is 18.8 Å². The second-order valence-corrected chi connectivity index (χ2v) is 6.55. The zero-order chi connectivity index (χ0) is 18.9. The summed E-state index contributed by atoms with van der Waals surface area (Å²) in [5.41, 5.74) is 5.77. The SMILES string of the molecule is CC#CCOc1ccc(C[C@H](CNC(=O)OC(C)(C)C)C(N)=O)cc1. The quantitative estimate of drug-likeness (QED) is 0.741. The number of rotatable bonds is 7. The molecule has 1 rings (SSSR count). The van der Waals surface area contributed by atoms with Gasteiger partial charge in [0, 0.05) is 6.54 Å². The fraction of sp³-hybridized carbons (Fsp3) is 0.474. The zero-order valence-corrected chi connectivity index (χ0v) is 15.2. The van der Waals surface area contributed by atoms with Crippen molar-refractivity contribution < 1.29 is 19.1 Å². The summed E-state index contributed by atoms with van der Waals surface area (Å²) in [5.74, 6) is 5.27. The van der Waals surface area contributed by atoms with Crippen molar-refractivity contribution in [3.63, 3.8) is 0 Å². The van der Waals surface area contributed by atoms with Gasteiger partial charge < -0.3 is 20.5 Å². The van der Waals surface area contributed by atoms with Crippen LogP contribution in [0.1, 0.15) is 33.3 Å². The van der Waals surface area contributed by atoms with E-state index in [1.807, 2.05) is 24.3 Å². The molecule has 0 radical (unpaired) electrons. The summed E-state index contributed by atoms with van der Waals surface area (Å²) in [5, 5.41) is 2.58. The third kappa shape index (κ3) is 8.66. The van der Waals surface area contributed by atoms with Crippen molar-refractivity contribution in [2.75, 3.05) is 13.2 Å². The molecule has 1 aromatic rings. The third-order valence-corrected chi connectivity index (χ3v) is 3.19. The first-order chi connectivity index (χ1) is 11.7. The molecule has 0 spiro atoms. The van der Waals surface area contributed by atoms with Gasteiger partial charge in [-0.25, -0.2) is 4.79 Å². The van der Waals surface area contributed by atoms with E-state index < -0.39 is 23.5 Å². The van der Waals surface area contributed by atoms with Gasteiger partial charge in [0.2, 0.25) is 5.91 Å². The third-order valence-electron chi connectivity index (χ3n) is 3.19.